The molecule has 4 heteroatoms. The molecule has 0 aromatic heterocycles. The SMILES string of the molecule is CCCCC[C-](C)c1ccccc1/C=C/[C@@H](O)[C@@H](O)CCCC(C)=O.[Rb+]. The molecule has 2 N–H and O–H groups in total. The Kier molecular flexibility index (Phi) is 15.3. The summed E-state index contributed by atoms with van der Waals surface area (Å²) >= 11 is 0. The molecule has 3 nitrogen and oxygen atoms in total. The van der Waals surface area contributed by atoms with Crippen LogP contribution in [0.5, 0.6) is 0 Å². The van der Waals surface area contributed by atoms with E-state index in [0.29, 0.717) is 19.3 Å². The van der Waals surface area contributed by atoms with E-state index in [4.69, 9.17) is 0 Å². The van der Waals surface area contributed by atoms with Gasteiger partial charge in [-0.3, -0.25) is 0 Å². The Bertz CT molecular complexity index is 542. The number of carbonyl (C=O) groups excluding carboxylic acids is 1. The Hall–Kier alpha value is 0.225. The quantitative estimate of drug-likeness (QED) is 0.392. The second kappa shape index (κ2) is 15.2. The smallest absolute Gasteiger partial charge is 0.390 e. The van der Waals surface area contributed by atoms with Crippen molar-refractivity contribution in [1.29, 1.82) is 0 Å². The predicted molar refractivity (Wildman–Crippen MR) is 104 cm³/mol. The van der Waals surface area contributed by atoms with Crippen LogP contribution in [0.1, 0.15) is 76.8 Å². The average molecular weight is 431 g/mol. The molecule has 0 spiro atoms. The summed E-state index contributed by atoms with van der Waals surface area (Å²) < 4.78 is 0. The molecular weight excluding hydrogens is 398 g/mol. The van der Waals surface area contributed by atoms with Gasteiger partial charge >= 0.3 is 58.2 Å². The van der Waals surface area contributed by atoms with E-state index >= 15 is 0 Å². The summed E-state index contributed by atoms with van der Waals surface area (Å²) in [6, 6.07) is 8.15. The number of aliphatic hydroxyl groups excluding tert-OH is 2. The van der Waals surface area contributed by atoms with Crippen molar-refractivity contribution in [2.75, 3.05) is 0 Å². The Morgan fingerprint density at radius 2 is 1.88 bits per heavy atom. The number of ketones is 1. The standard InChI is InChI=1S/C22H33O3.Rb/c1-4-5-6-10-17(2)20-13-8-7-12-19(20)15-16-22(25)21(24)14-9-11-18(3)23;/h7-8,12-13,15-16,21-22,24-25H,4-6,9-11,14H2,1-3H3;/q-1;+1/b16-15+;/t21-,22+;/m0./s1. The molecule has 2 atom stereocenters. The molecule has 1 rings (SSSR count). The summed E-state index contributed by atoms with van der Waals surface area (Å²) in [6.07, 6.45) is 7.97. The Balaban J connectivity index is 0.00000625. The third kappa shape index (κ3) is 10.5. The summed E-state index contributed by atoms with van der Waals surface area (Å²) in [5, 5.41) is 20.1. The van der Waals surface area contributed by atoms with Gasteiger partial charge < -0.3 is 15.0 Å². The summed E-state index contributed by atoms with van der Waals surface area (Å²) in [7, 11) is 0. The third-order valence-electron chi connectivity index (χ3n) is 4.47. The van der Waals surface area contributed by atoms with Gasteiger partial charge in [-0.2, -0.15) is 17.5 Å². The first-order valence-corrected chi connectivity index (χ1v) is 9.41. The molecule has 0 unspecified atom stereocenters. The largest absolute Gasteiger partial charge is 1.00 e. The molecule has 0 aliphatic heterocycles. The zero-order chi connectivity index (χ0) is 18.7. The van der Waals surface area contributed by atoms with E-state index in [1.807, 2.05) is 24.3 Å². The number of rotatable bonds is 12. The van der Waals surface area contributed by atoms with Crippen LogP contribution < -0.4 is 58.2 Å². The second-order valence-corrected chi connectivity index (χ2v) is 6.84. The van der Waals surface area contributed by atoms with Crippen LogP contribution in [-0.2, 0) is 4.79 Å². The van der Waals surface area contributed by atoms with Gasteiger partial charge in [-0.05, 0) is 19.8 Å². The van der Waals surface area contributed by atoms with Crippen LogP contribution in [0.25, 0.3) is 6.08 Å². The third-order valence-corrected chi connectivity index (χ3v) is 4.47. The first-order chi connectivity index (χ1) is 12.0. The molecule has 0 bridgehead atoms. The van der Waals surface area contributed by atoms with Crippen LogP contribution in [0.3, 0.4) is 0 Å². The van der Waals surface area contributed by atoms with E-state index in [1.165, 1.54) is 30.7 Å². The monoisotopic (exact) mass is 430 g/mol. The van der Waals surface area contributed by atoms with Gasteiger partial charge in [0, 0.05) is 6.42 Å². The minimum atomic E-state index is -0.916. The van der Waals surface area contributed by atoms with Crippen LogP contribution >= 0.6 is 0 Å². The van der Waals surface area contributed by atoms with E-state index in [2.05, 4.69) is 19.9 Å². The van der Waals surface area contributed by atoms with Crippen molar-refractivity contribution >= 4 is 11.9 Å². The van der Waals surface area contributed by atoms with Crippen molar-refractivity contribution in [2.45, 2.75) is 77.9 Å². The maximum absolute atomic E-state index is 10.9. The zero-order valence-corrected chi connectivity index (χ0v) is 21.8. The minimum absolute atomic E-state index is 0. The van der Waals surface area contributed by atoms with Gasteiger partial charge in [0.15, 0.2) is 0 Å². The molecule has 0 saturated carbocycles. The molecule has 0 aliphatic carbocycles. The number of carbonyl (C=O) groups is 1. The Morgan fingerprint density at radius 1 is 1.19 bits per heavy atom. The van der Waals surface area contributed by atoms with E-state index in [1.54, 1.807) is 13.0 Å². The van der Waals surface area contributed by atoms with E-state index in [-0.39, 0.29) is 64.0 Å². The second-order valence-electron chi connectivity index (χ2n) is 6.84. The van der Waals surface area contributed by atoms with Crippen molar-refractivity contribution in [1.82, 2.24) is 0 Å². The summed E-state index contributed by atoms with van der Waals surface area (Å²) in [4.78, 5) is 10.9. The predicted octanol–water partition coefficient (Wildman–Crippen LogP) is 1.71. The maximum Gasteiger partial charge on any atom is 1.00 e. The molecule has 0 radical (unpaired) electrons. The molecule has 0 saturated heterocycles. The molecule has 0 heterocycles. The van der Waals surface area contributed by atoms with E-state index < -0.39 is 12.2 Å². The average Bonchev–Trinajstić information content (AvgIpc) is 2.59. The van der Waals surface area contributed by atoms with Gasteiger partial charge in [0.25, 0.3) is 0 Å². The number of Topliss-reactive ketones (excluding diaryl/α,β-unsaturated/α-hetero) is 1. The van der Waals surface area contributed by atoms with Gasteiger partial charge in [-0.1, -0.05) is 51.7 Å². The first-order valence-electron chi connectivity index (χ1n) is 9.41. The van der Waals surface area contributed by atoms with Gasteiger partial charge in [0.2, 0.25) is 0 Å². The Labute approximate surface area is 208 Å². The van der Waals surface area contributed by atoms with Crippen LogP contribution in [0.15, 0.2) is 30.3 Å². The zero-order valence-electron chi connectivity index (χ0n) is 16.9. The number of hydrogen-bond acceptors (Lipinski definition) is 3. The maximum atomic E-state index is 10.9. The molecule has 0 amide bonds. The van der Waals surface area contributed by atoms with Crippen LogP contribution in [0.2, 0.25) is 0 Å². The van der Waals surface area contributed by atoms with E-state index in [9.17, 15) is 15.0 Å². The minimum Gasteiger partial charge on any atom is -0.390 e. The summed E-state index contributed by atoms with van der Waals surface area (Å²) in [5.74, 6) is 1.46. The molecule has 0 aliphatic rings. The topological polar surface area (TPSA) is 57.5 Å². The molecule has 26 heavy (non-hydrogen) atoms. The fraction of sp³-hybridized carbons (Fsp3) is 0.545. The van der Waals surface area contributed by atoms with Crippen molar-refractivity contribution in [3.05, 3.63) is 47.4 Å². The van der Waals surface area contributed by atoms with Crippen LogP contribution in [0.4, 0.5) is 0 Å². The summed E-state index contributed by atoms with van der Waals surface area (Å²) in [6.45, 7) is 5.91. The van der Waals surface area contributed by atoms with Crippen LogP contribution in [-0.4, -0.2) is 28.2 Å². The molecule has 0 fully saturated rings. The molecular formula is C22H33O3Rb. The molecule has 1 aromatic carbocycles. The van der Waals surface area contributed by atoms with Gasteiger partial charge in [0.05, 0.1) is 12.2 Å². The summed E-state index contributed by atoms with van der Waals surface area (Å²) in [5.41, 5.74) is 2.26. The number of hydrogen-bond donors (Lipinski definition) is 2. The number of benzene rings is 1. The number of aliphatic hydroxyl groups is 2. The normalized spacial score (nSPS) is 13.3. The first kappa shape index (κ1) is 26.2. The van der Waals surface area contributed by atoms with Gasteiger partial charge in [0.1, 0.15) is 5.78 Å². The molecule has 1 aromatic rings. The van der Waals surface area contributed by atoms with Crippen molar-refractivity contribution in [3.8, 4) is 0 Å². The Morgan fingerprint density at radius 3 is 2.54 bits per heavy atom. The van der Waals surface area contributed by atoms with Crippen molar-refractivity contribution < 1.29 is 73.2 Å². The fourth-order valence-corrected chi connectivity index (χ4v) is 2.87. The van der Waals surface area contributed by atoms with Crippen molar-refractivity contribution in [3.63, 3.8) is 0 Å². The van der Waals surface area contributed by atoms with Crippen molar-refractivity contribution in [2.24, 2.45) is 0 Å². The fourth-order valence-electron chi connectivity index (χ4n) is 2.87. The van der Waals surface area contributed by atoms with Crippen LogP contribution in [0, 0.1) is 5.92 Å². The number of unbranched alkanes of at least 4 members (excludes halogenated alkanes) is 2. The van der Waals surface area contributed by atoms with Gasteiger partial charge in [-0.25, -0.2) is 0 Å². The molecule has 140 valence electrons. The van der Waals surface area contributed by atoms with E-state index in [0.717, 1.165) is 12.0 Å². The van der Waals surface area contributed by atoms with Gasteiger partial charge in [-0.15, -0.1) is 23.8 Å².